The van der Waals surface area contributed by atoms with Gasteiger partial charge in [0, 0.05) is 0 Å². The van der Waals surface area contributed by atoms with Crippen LogP contribution < -0.4 is 5.46 Å². The van der Waals surface area contributed by atoms with E-state index in [9.17, 15) is 0 Å². The van der Waals surface area contributed by atoms with Crippen molar-refractivity contribution >= 4 is 33.5 Å². The first-order chi connectivity index (χ1) is 11.6. The Morgan fingerprint density at radius 1 is 0.750 bits per heavy atom. The lowest BCUT2D eigenvalue weighted by Crippen LogP contribution is -2.53. The van der Waals surface area contributed by atoms with Crippen molar-refractivity contribution in [3.63, 3.8) is 0 Å². The summed E-state index contributed by atoms with van der Waals surface area (Å²) >= 11 is 4.22. The van der Waals surface area contributed by atoms with Crippen molar-refractivity contribution in [1.29, 1.82) is 0 Å². The van der Waals surface area contributed by atoms with E-state index in [4.69, 9.17) is 0 Å². The van der Waals surface area contributed by atoms with Crippen molar-refractivity contribution < 1.29 is 0 Å². The molecule has 0 amide bonds. The molecule has 0 N–H and O–H groups in total. The molecule has 128 valence electrons. The highest BCUT2D eigenvalue weighted by Crippen LogP contribution is 2.61. The molecule has 1 aromatic rings. The van der Waals surface area contributed by atoms with E-state index in [-0.39, 0.29) is 0 Å². The van der Waals surface area contributed by atoms with Gasteiger partial charge in [-0.15, -0.1) is 0 Å². The Labute approximate surface area is 157 Å². The Hall–Kier alpha value is -0.170. The van der Waals surface area contributed by atoms with Gasteiger partial charge >= 0.3 is 0 Å². The smallest absolute Gasteiger partial charge is 0.156 e. The van der Waals surface area contributed by atoms with Crippen molar-refractivity contribution in [3.05, 3.63) is 28.8 Å². The van der Waals surface area contributed by atoms with Crippen LogP contribution in [0.4, 0.5) is 0 Å². The number of halogens is 1. The second-order valence-electron chi connectivity index (χ2n) is 9.01. The predicted octanol–water partition coefficient (Wildman–Crippen LogP) is 6.34. The van der Waals surface area contributed by atoms with Gasteiger partial charge in [-0.25, -0.2) is 0 Å². The molecular formula is C21H31B2Br. The number of aryl methyl sites for hydroxylation is 3. The predicted molar refractivity (Wildman–Crippen MR) is 113 cm³/mol. The van der Waals surface area contributed by atoms with Gasteiger partial charge in [0.1, 0.15) is 0 Å². The van der Waals surface area contributed by atoms with Gasteiger partial charge in [-0.1, -0.05) is 109 Å². The Morgan fingerprint density at radius 2 is 1.17 bits per heavy atom. The molecule has 2 saturated carbocycles. The Morgan fingerprint density at radius 3 is 1.62 bits per heavy atom. The van der Waals surface area contributed by atoms with Crippen molar-refractivity contribution in [3.8, 4) is 0 Å². The minimum Gasteiger partial charge on any atom is -0.156 e. The third-order valence-electron chi connectivity index (χ3n) is 7.56. The van der Waals surface area contributed by atoms with Crippen LogP contribution in [0.25, 0.3) is 0 Å². The summed E-state index contributed by atoms with van der Waals surface area (Å²) in [5.41, 5.74) is 7.10. The summed E-state index contributed by atoms with van der Waals surface area (Å²) in [4.78, 5) is 0. The molecule has 4 atom stereocenters. The minimum atomic E-state index is 0.787. The van der Waals surface area contributed by atoms with Crippen LogP contribution >= 0.6 is 15.8 Å². The summed E-state index contributed by atoms with van der Waals surface area (Å²) in [6, 6.07) is 4.89. The van der Waals surface area contributed by atoms with Crippen molar-refractivity contribution in [2.75, 3.05) is 0 Å². The summed E-state index contributed by atoms with van der Waals surface area (Å²) in [6.07, 6.45) is 11.7. The summed E-state index contributed by atoms with van der Waals surface area (Å²) in [5.74, 6) is 3.68. The van der Waals surface area contributed by atoms with Crippen LogP contribution in [0.15, 0.2) is 12.1 Å². The lowest BCUT2D eigenvalue weighted by atomic mass is 9.14. The first-order valence-corrected chi connectivity index (χ1v) is 11.2. The van der Waals surface area contributed by atoms with E-state index in [1.807, 2.05) is 0 Å². The number of rotatable bonds is 1. The molecular weight excluding hydrogens is 354 g/mol. The molecule has 0 bridgehead atoms. The molecule has 3 fully saturated rings. The fraction of sp³-hybridized carbons (Fsp3) is 0.714. The summed E-state index contributed by atoms with van der Waals surface area (Å²) in [6.45, 7) is 7.85. The van der Waals surface area contributed by atoms with Crippen LogP contribution in [0.1, 0.15) is 68.1 Å². The van der Waals surface area contributed by atoms with E-state index < -0.39 is 0 Å². The molecule has 0 aromatic heterocycles. The zero-order valence-corrected chi connectivity index (χ0v) is 17.2. The number of benzene rings is 1. The topological polar surface area (TPSA) is 0 Å². The monoisotopic (exact) mass is 384 g/mol. The van der Waals surface area contributed by atoms with Gasteiger partial charge in [-0.3, -0.25) is 0 Å². The maximum atomic E-state index is 4.22. The SMILES string of the molecule is Cc1cc(C)c(B2C3CCCCC3B(Br)C3CCCCC23)c(C)c1. The normalized spacial score (nSPS) is 33.2. The molecule has 1 aromatic carbocycles. The molecule has 4 rings (SSSR count). The van der Waals surface area contributed by atoms with Gasteiger partial charge in [0.15, 0.2) is 6.71 Å². The molecule has 3 aliphatic rings. The van der Waals surface area contributed by atoms with E-state index in [0.29, 0.717) is 0 Å². The van der Waals surface area contributed by atoms with Gasteiger partial charge in [0.05, 0.1) is 0 Å². The molecule has 24 heavy (non-hydrogen) atoms. The van der Waals surface area contributed by atoms with Crippen LogP contribution in [-0.4, -0.2) is 12.2 Å². The number of hydrogen-bond acceptors (Lipinski definition) is 0. The average Bonchev–Trinajstić information content (AvgIpc) is 2.57. The third kappa shape index (κ3) is 2.83. The van der Waals surface area contributed by atoms with E-state index in [0.717, 1.165) is 35.5 Å². The lowest BCUT2D eigenvalue weighted by molar-refractivity contribution is 0.429. The third-order valence-corrected chi connectivity index (χ3v) is 8.92. The molecule has 0 spiro atoms. The summed E-state index contributed by atoms with van der Waals surface area (Å²) in [7, 11) is 0. The Balaban J connectivity index is 1.81. The number of fused-ring (bicyclic) bond motifs is 2. The molecule has 1 saturated heterocycles. The minimum absolute atomic E-state index is 0.787. The molecule has 0 nitrogen and oxygen atoms in total. The van der Waals surface area contributed by atoms with Gasteiger partial charge < -0.3 is 0 Å². The highest BCUT2D eigenvalue weighted by atomic mass is 79.9. The van der Waals surface area contributed by atoms with Crippen molar-refractivity contribution in [2.45, 2.75) is 95.4 Å². The second kappa shape index (κ2) is 6.86. The van der Waals surface area contributed by atoms with Crippen LogP contribution in [0.3, 0.4) is 0 Å². The van der Waals surface area contributed by atoms with Crippen molar-refractivity contribution in [2.24, 2.45) is 0 Å². The molecule has 3 heteroatoms. The van der Waals surface area contributed by atoms with Gasteiger partial charge in [0.25, 0.3) is 0 Å². The lowest BCUT2D eigenvalue weighted by Gasteiger charge is -2.52. The molecule has 4 unspecified atom stereocenters. The Bertz CT molecular complexity index is 567. The zero-order valence-electron chi connectivity index (χ0n) is 15.7. The average molecular weight is 385 g/mol. The maximum absolute atomic E-state index is 4.22. The zero-order chi connectivity index (χ0) is 16.8. The van der Waals surface area contributed by atoms with Crippen molar-refractivity contribution in [1.82, 2.24) is 0 Å². The number of hydrogen-bond donors (Lipinski definition) is 0. The summed E-state index contributed by atoms with van der Waals surface area (Å²) in [5, 5.41) is 0. The van der Waals surface area contributed by atoms with Crippen LogP contribution in [0.2, 0.25) is 23.3 Å². The highest BCUT2D eigenvalue weighted by Gasteiger charge is 2.54. The van der Waals surface area contributed by atoms with Gasteiger partial charge in [0.2, 0.25) is 5.54 Å². The van der Waals surface area contributed by atoms with E-state index in [1.54, 1.807) is 16.6 Å². The fourth-order valence-electron chi connectivity index (χ4n) is 6.84. The Kier molecular flexibility index (Phi) is 4.93. The van der Waals surface area contributed by atoms with E-state index in [1.165, 1.54) is 56.9 Å². The van der Waals surface area contributed by atoms with Crippen LogP contribution in [0.5, 0.6) is 0 Å². The standard InChI is InChI=1S/C21H31B2Br/c1-14-12-15(2)21(16(3)13-14)22-17-8-4-6-10-19(17)23(24)20-11-7-5-9-18(20)22/h12-13,17-20H,4-11H2,1-3H3. The maximum Gasteiger partial charge on any atom is 0.228 e. The quantitative estimate of drug-likeness (QED) is 0.495. The molecule has 0 radical (unpaired) electrons. The fourth-order valence-corrected chi connectivity index (χ4v) is 8.15. The molecule has 1 heterocycles. The van der Waals surface area contributed by atoms with Gasteiger partial charge in [-0.05, 0) is 20.8 Å². The van der Waals surface area contributed by atoms with E-state index >= 15 is 0 Å². The van der Waals surface area contributed by atoms with Gasteiger partial charge in [-0.2, -0.15) is 15.8 Å². The first-order valence-electron chi connectivity index (χ1n) is 10.3. The molecule has 2 aliphatic carbocycles. The molecule has 1 aliphatic heterocycles. The summed E-state index contributed by atoms with van der Waals surface area (Å²) < 4.78 is 0. The van der Waals surface area contributed by atoms with E-state index in [2.05, 4.69) is 48.7 Å². The van der Waals surface area contributed by atoms with Crippen LogP contribution in [0, 0.1) is 20.8 Å². The van der Waals surface area contributed by atoms with Crippen LogP contribution in [-0.2, 0) is 0 Å². The first kappa shape index (κ1) is 17.3. The highest BCUT2D eigenvalue weighted by molar-refractivity contribution is 9.24. The largest absolute Gasteiger partial charge is 0.228 e. The second-order valence-corrected chi connectivity index (χ2v) is 10.1.